The molecule has 0 bridgehead atoms. The molecule has 2 N–H and O–H groups in total. The van der Waals surface area contributed by atoms with Crippen LogP contribution in [0.15, 0.2) is 96.6 Å². The van der Waals surface area contributed by atoms with E-state index in [0.29, 0.717) is 22.9 Å². The molecule has 6 atom stereocenters. The number of nitrogens with one attached hydrogen (secondary N) is 1. The first kappa shape index (κ1) is 36.6. The molecule has 10 nitrogen and oxygen atoms in total. The number of hydrazine groups is 2. The van der Waals surface area contributed by atoms with Gasteiger partial charge in [-0.05, 0) is 73.7 Å². The number of anilines is 2. The summed E-state index contributed by atoms with van der Waals surface area (Å²) in [5, 5.41) is 14.2. The van der Waals surface area contributed by atoms with Gasteiger partial charge < -0.3 is 5.11 Å². The first-order chi connectivity index (χ1) is 26.1. The van der Waals surface area contributed by atoms with E-state index in [1.165, 1.54) is 25.2 Å². The van der Waals surface area contributed by atoms with Gasteiger partial charge in [0.05, 0.1) is 33.9 Å². The number of amides is 4. The van der Waals surface area contributed by atoms with E-state index in [2.05, 4.69) is 10.4 Å². The molecule has 6 unspecified atom stereocenters. The second-order valence-corrected chi connectivity index (χ2v) is 15.1. The number of allylic oxidation sites excluding steroid dienone is 2. The predicted octanol–water partition coefficient (Wildman–Crippen LogP) is 7.46. The Bertz CT molecular complexity index is 2310. The number of alkyl halides is 3. The first-order valence-corrected chi connectivity index (χ1v) is 18.2. The zero-order valence-corrected chi connectivity index (χ0v) is 30.7. The number of aromatic nitrogens is 1. The van der Waals surface area contributed by atoms with Gasteiger partial charge in [-0.25, -0.2) is 4.98 Å². The molecule has 3 heterocycles. The number of aromatic hydroxyl groups is 1. The average Bonchev–Trinajstić information content (AvgIpc) is 3.54. The lowest BCUT2D eigenvalue weighted by molar-refractivity contribution is -0.142. The van der Waals surface area contributed by atoms with E-state index >= 15 is 4.79 Å². The minimum Gasteiger partial charge on any atom is -0.508 e. The molecular weight excluding hydrogens is 758 g/mol. The second kappa shape index (κ2) is 13.1. The zero-order chi connectivity index (χ0) is 39.1. The van der Waals surface area contributed by atoms with Crippen LogP contribution in [0.4, 0.5) is 24.7 Å². The summed E-state index contributed by atoms with van der Waals surface area (Å²) >= 11 is 12.8. The number of phenolic OH excluding ortho intramolecular Hbond substituents is 1. The number of imide groups is 2. The minimum atomic E-state index is -4.83. The molecule has 2 aliphatic heterocycles. The van der Waals surface area contributed by atoms with E-state index in [1.54, 1.807) is 48.5 Å². The lowest BCUT2D eigenvalue weighted by Crippen LogP contribution is -2.53. The molecule has 3 aromatic carbocycles. The van der Waals surface area contributed by atoms with Crippen molar-refractivity contribution in [3.05, 3.63) is 129 Å². The van der Waals surface area contributed by atoms with Crippen LogP contribution < -0.4 is 10.4 Å². The Kier molecular flexibility index (Phi) is 8.73. The maximum atomic E-state index is 15.2. The van der Waals surface area contributed by atoms with Crippen LogP contribution in [-0.4, -0.2) is 50.8 Å². The van der Waals surface area contributed by atoms with Gasteiger partial charge >= 0.3 is 6.18 Å². The Labute approximate surface area is 323 Å². The summed E-state index contributed by atoms with van der Waals surface area (Å²) in [6.45, 7) is 1.90. The molecule has 4 amide bonds. The minimum absolute atomic E-state index is 0.0238. The van der Waals surface area contributed by atoms with Crippen LogP contribution in [0.1, 0.15) is 41.1 Å². The molecule has 0 radical (unpaired) electrons. The SMILES string of the molecule is Cc1ccc(NN2C(=O)C3CC4C(=CCC5C(=O)N(N(C)c6nc(C(F)(F)F)ccc6Cl)C(=O)C54)C(c4cc(Cl)ccc4O)C3(c3ccccc3)C2=O)cc1. The van der Waals surface area contributed by atoms with Crippen molar-refractivity contribution in [2.24, 2.45) is 23.7 Å². The highest BCUT2D eigenvalue weighted by Crippen LogP contribution is 2.65. The molecule has 2 aliphatic carbocycles. The highest BCUT2D eigenvalue weighted by Gasteiger charge is 2.71. The molecule has 282 valence electrons. The molecule has 55 heavy (non-hydrogen) atoms. The number of nitrogens with zero attached hydrogens (tertiary/aromatic N) is 4. The Balaban J connectivity index is 1.28. The fraction of sp³-hybridized carbons (Fsp3) is 0.275. The Morgan fingerprint density at radius 1 is 0.909 bits per heavy atom. The van der Waals surface area contributed by atoms with Crippen molar-refractivity contribution in [3.8, 4) is 5.75 Å². The summed E-state index contributed by atoms with van der Waals surface area (Å²) in [7, 11) is 1.23. The second-order valence-electron chi connectivity index (χ2n) is 14.3. The lowest BCUT2D eigenvalue weighted by Gasteiger charge is -2.50. The molecule has 1 saturated carbocycles. The number of hydrogen-bond donors (Lipinski definition) is 2. The van der Waals surface area contributed by atoms with Crippen LogP contribution in [0.3, 0.4) is 0 Å². The van der Waals surface area contributed by atoms with E-state index < -0.39 is 76.3 Å². The highest BCUT2D eigenvalue weighted by atomic mass is 35.5. The van der Waals surface area contributed by atoms with Crippen molar-refractivity contribution in [2.75, 3.05) is 17.5 Å². The van der Waals surface area contributed by atoms with Crippen molar-refractivity contribution in [1.29, 1.82) is 0 Å². The monoisotopic (exact) mass is 789 g/mol. The Morgan fingerprint density at radius 3 is 2.31 bits per heavy atom. The number of rotatable bonds is 6. The number of hydrogen-bond acceptors (Lipinski definition) is 8. The molecule has 0 spiro atoms. The summed E-state index contributed by atoms with van der Waals surface area (Å²) in [6.07, 6.45) is -3.06. The van der Waals surface area contributed by atoms with Gasteiger partial charge in [0, 0.05) is 23.6 Å². The van der Waals surface area contributed by atoms with Crippen LogP contribution in [0, 0.1) is 30.6 Å². The summed E-state index contributed by atoms with van der Waals surface area (Å²) in [6, 6.07) is 22.0. The van der Waals surface area contributed by atoms with E-state index in [-0.39, 0.29) is 34.2 Å². The van der Waals surface area contributed by atoms with E-state index in [4.69, 9.17) is 23.2 Å². The highest BCUT2D eigenvalue weighted by molar-refractivity contribution is 6.33. The number of carbonyl (C=O) groups excluding carboxylic acids is 4. The third kappa shape index (κ3) is 5.57. The van der Waals surface area contributed by atoms with Gasteiger partial charge in [0.15, 0.2) is 5.82 Å². The maximum absolute atomic E-state index is 15.2. The first-order valence-electron chi connectivity index (χ1n) is 17.4. The fourth-order valence-corrected chi connectivity index (χ4v) is 9.45. The molecule has 3 fully saturated rings. The van der Waals surface area contributed by atoms with E-state index in [0.717, 1.165) is 26.7 Å². The number of aryl methyl sites for hydroxylation is 1. The summed E-state index contributed by atoms with van der Waals surface area (Å²) in [4.78, 5) is 62.4. The average molecular weight is 791 g/mol. The quantitative estimate of drug-likeness (QED) is 0.153. The number of fused-ring (bicyclic) bond motifs is 4. The van der Waals surface area contributed by atoms with Crippen LogP contribution in [-0.2, 0) is 30.8 Å². The molecule has 15 heteroatoms. The van der Waals surface area contributed by atoms with Crippen LogP contribution >= 0.6 is 23.2 Å². The number of halogens is 5. The van der Waals surface area contributed by atoms with Gasteiger partial charge in [0.2, 0.25) is 0 Å². The van der Waals surface area contributed by atoms with Crippen molar-refractivity contribution in [2.45, 2.75) is 37.3 Å². The van der Waals surface area contributed by atoms with E-state index in [1.807, 2.05) is 19.1 Å². The van der Waals surface area contributed by atoms with Gasteiger partial charge in [-0.1, -0.05) is 82.9 Å². The fourth-order valence-electron chi connectivity index (χ4n) is 9.04. The van der Waals surface area contributed by atoms with Crippen molar-refractivity contribution in [3.63, 3.8) is 0 Å². The molecule has 2 saturated heterocycles. The van der Waals surface area contributed by atoms with Crippen LogP contribution in [0.5, 0.6) is 5.75 Å². The van der Waals surface area contributed by atoms with Crippen LogP contribution in [0.25, 0.3) is 0 Å². The standard InChI is InChI=1S/C40H32Cl2F3N5O5/c1-20-8-11-23(12-9-20)47-49-36(53)28-19-26-24(33(27-18-22(41)10-16-30(27)51)39(28,38(49)55)21-6-4-3-5-7-21)13-14-25-32(26)37(54)50(35(25)52)48(2)34-29(42)15-17-31(46-34)40(43,44)45/h3-13,15-18,25-26,28,32-33,47,51H,14,19H2,1-2H3. The predicted molar refractivity (Wildman–Crippen MR) is 196 cm³/mol. The maximum Gasteiger partial charge on any atom is 0.433 e. The normalized spacial score (nSPS) is 26.1. The summed E-state index contributed by atoms with van der Waals surface area (Å²) in [5.41, 5.74) is 2.84. The number of benzene rings is 3. The van der Waals surface area contributed by atoms with Crippen molar-refractivity contribution in [1.82, 2.24) is 15.0 Å². The van der Waals surface area contributed by atoms with Crippen LogP contribution in [0.2, 0.25) is 10.0 Å². The zero-order valence-electron chi connectivity index (χ0n) is 29.2. The van der Waals surface area contributed by atoms with Gasteiger partial charge in [0.1, 0.15) is 11.4 Å². The molecule has 4 aromatic rings. The Morgan fingerprint density at radius 2 is 1.62 bits per heavy atom. The summed E-state index contributed by atoms with van der Waals surface area (Å²) in [5.74, 6) is -8.23. The topological polar surface area (TPSA) is 123 Å². The number of carbonyl (C=O) groups is 4. The molecular formula is C40H32Cl2F3N5O5. The third-order valence-corrected chi connectivity index (χ3v) is 11.9. The number of pyridine rings is 1. The van der Waals surface area contributed by atoms with Gasteiger partial charge in [-0.15, -0.1) is 0 Å². The number of phenols is 1. The molecule has 8 rings (SSSR count). The molecule has 4 aliphatic rings. The summed E-state index contributed by atoms with van der Waals surface area (Å²) < 4.78 is 41.0. The van der Waals surface area contributed by atoms with Crippen molar-refractivity contribution >= 4 is 58.3 Å². The van der Waals surface area contributed by atoms with Gasteiger partial charge in [-0.2, -0.15) is 23.2 Å². The lowest BCUT2D eigenvalue weighted by atomic mass is 9.49. The third-order valence-electron chi connectivity index (χ3n) is 11.4. The van der Waals surface area contributed by atoms with Crippen molar-refractivity contribution < 1.29 is 37.5 Å². The smallest absolute Gasteiger partial charge is 0.433 e. The molecule has 1 aromatic heterocycles. The Hall–Kier alpha value is -5.40. The van der Waals surface area contributed by atoms with Gasteiger partial charge in [0.25, 0.3) is 23.6 Å². The largest absolute Gasteiger partial charge is 0.508 e. The van der Waals surface area contributed by atoms with Gasteiger partial charge in [-0.3, -0.25) is 29.6 Å². The van der Waals surface area contributed by atoms with E-state index in [9.17, 15) is 32.7 Å².